The molecule has 0 spiro atoms. The lowest BCUT2D eigenvalue weighted by Crippen LogP contribution is -2.00. The van der Waals surface area contributed by atoms with Gasteiger partial charge in [0.05, 0.1) is 6.26 Å². The first-order valence-electron chi connectivity index (χ1n) is 4.92. The van der Waals surface area contributed by atoms with Gasteiger partial charge in [-0.1, -0.05) is 60.1 Å². The van der Waals surface area contributed by atoms with E-state index in [1.165, 1.54) is 12.8 Å². The predicted octanol–water partition coefficient (Wildman–Crippen LogP) is 5.16. The van der Waals surface area contributed by atoms with Crippen LogP contribution >= 0.6 is 34.8 Å². The third-order valence-electron chi connectivity index (χ3n) is 1.94. The Labute approximate surface area is 101 Å². The van der Waals surface area contributed by atoms with E-state index in [9.17, 15) is 0 Å². The number of aliphatic hydroxyl groups is 1. The molecule has 1 N–H and O–H groups in total. The minimum absolute atomic E-state index is 0.633. The molecule has 84 valence electrons. The zero-order chi connectivity index (χ0) is 10.9. The molecule has 4 heteroatoms. The van der Waals surface area contributed by atoms with Crippen LogP contribution in [0.4, 0.5) is 0 Å². The topological polar surface area (TPSA) is 20.2 Å². The summed E-state index contributed by atoms with van der Waals surface area (Å²) >= 11 is 16.8. The summed E-state index contributed by atoms with van der Waals surface area (Å²) < 4.78 is -1.08. The molecule has 0 heterocycles. The Morgan fingerprint density at radius 1 is 0.929 bits per heavy atom. The summed E-state index contributed by atoms with van der Waals surface area (Å²) in [5.41, 5.74) is 0. The standard InChI is InChI=1S/C10H17Cl3O/c11-10(12,13)8-6-4-2-1-3-5-7-9-14/h7,9,14H,1-6,8H2. The van der Waals surface area contributed by atoms with Gasteiger partial charge in [-0.05, 0) is 25.7 Å². The number of aliphatic hydroxyl groups excluding tert-OH is 1. The van der Waals surface area contributed by atoms with Crippen molar-refractivity contribution in [1.29, 1.82) is 0 Å². The van der Waals surface area contributed by atoms with Crippen LogP contribution in [0, 0.1) is 0 Å². The summed E-state index contributed by atoms with van der Waals surface area (Å²) in [6, 6.07) is 0. The van der Waals surface area contributed by atoms with Crippen LogP contribution in [0.5, 0.6) is 0 Å². The number of unbranched alkanes of at least 4 members (excludes halogenated alkanes) is 5. The van der Waals surface area contributed by atoms with Crippen molar-refractivity contribution in [2.75, 3.05) is 0 Å². The molecule has 0 bridgehead atoms. The first-order valence-corrected chi connectivity index (χ1v) is 6.05. The molecule has 0 aromatic rings. The van der Waals surface area contributed by atoms with Crippen molar-refractivity contribution in [3.63, 3.8) is 0 Å². The molecule has 0 aromatic carbocycles. The van der Waals surface area contributed by atoms with Gasteiger partial charge in [-0.25, -0.2) is 0 Å². The fourth-order valence-corrected chi connectivity index (χ4v) is 1.59. The van der Waals surface area contributed by atoms with Crippen LogP contribution in [-0.4, -0.2) is 8.90 Å². The van der Waals surface area contributed by atoms with Gasteiger partial charge in [0.25, 0.3) is 0 Å². The Balaban J connectivity index is 3.07. The maximum absolute atomic E-state index is 8.37. The Morgan fingerprint density at radius 3 is 2.07 bits per heavy atom. The number of halogens is 3. The lowest BCUT2D eigenvalue weighted by Gasteiger charge is -2.09. The molecule has 0 aliphatic heterocycles. The Morgan fingerprint density at radius 2 is 1.50 bits per heavy atom. The zero-order valence-corrected chi connectivity index (χ0v) is 10.5. The molecule has 1 nitrogen and oxygen atoms in total. The summed E-state index contributed by atoms with van der Waals surface area (Å²) in [5.74, 6) is 0. The van der Waals surface area contributed by atoms with Crippen LogP contribution in [0.2, 0.25) is 0 Å². The van der Waals surface area contributed by atoms with Gasteiger partial charge >= 0.3 is 0 Å². The SMILES string of the molecule is OC=CCCCCCCCC(Cl)(Cl)Cl. The van der Waals surface area contributed by atoms with Crippen molar-refractivity contribution in [3.8, 4) is 0 Å². The largest absolute Gasteiger partial charge is 0.516 e. The highest BCUT2D eigenvalue weighted by Gasteiger charge is 2.17. The zero-order valence-electron chi connectivity index (χ0n) is 8.19. The van der Waals surface area contributed by atoms with E-state index in [-0.39, 0.29) is 0 Å². The molecule has 0 atom stereocenters. The van der Waals surface area contributed by atoms with E-state index in [2.05, 4.69) is 0 Å². The van der Waals surface area contributed by atoms with Crippen LogP contribution in [0.3, 0.4) is 0 Å². The molecular weight excluding hydrogens is 242 g/mol. The Kier molecular flexibility index (Phi) is 8.95. The second-order valence-electron chi connectivity index (χ2n) is 3.31. The van der Waals surface area contributed by atoms with Crippen molar-refractivity contribution in [2.45, 2.75) is 48.7 Å². The van der Waals surface area contributed by atoms with Gasteiger partial charge in [0.2, 0.25) is 0 Å². The van der Waals surface area contributed by atoms with Crippen LogP contribution in [0.15, 0.2) is 12.3 Å². The maximum Gasteiger partial charge on any atom is 0.190 e. The number of hydrogen-bond acceptors (Lipinski definition) is 1. The van der Waals surface area contributed by atoms with Crippen molar-refractivity contribution >= 4 is 34.8 Å². The van der Waals surface area contributed by atoms with Gasteiger partial charge in [-0.15, -0.1) is 0 Å². The number of hydrogen-bond donors (Lipinski definition) is 1. The van der Waals surface area contributed by atoms with Gasteiger partial charge in [-0.3, -0.25) is 0 Å². The monoisotopic (exact) mass is 258 g/mol. The van der Waals surface area contributed by atoms with Crippen LogP contribution in [-0.2, 0) is 0 Å². The van der Waals surface area contributed by atoms with E-state index in [1.807, 2.05) is 0 Å². The Hall–Kier alpha value is 0.410. The lowest BCUT2D eigenvalue weighted by molar-refractivity contribution is 0.469. The van der Waals surface area contributed by atoms with Crippen LogP contribution in [0.25, 0.3) is 0 Å². The fraction of sp³-hybridized carbons (Fsp3) is 0.800. The highest BCUT2D eigenvalue weighted by atomic mass is 35.6. The van der Waals surface area contributed by atoms with Crippen LogP contribution in [0.1, 0.15) is 44.9 Å². The molecule has 0 saturated carbocycles. The molecular formula is C10H17Cl3O. The second kappa shape index (κ2) is 8.70. The molecule has 0 amide bonds. The highest BCUT2D eigenvalue weighted by Crippen LogP contribution is 2.32. The minimum Gasteiger partial charge on any atom is -0.516 e. The summed E-state index contributed by atoms with van der Waals surface area (Å²) in [6.45, 7) is 0. The molecule has 0 aromatic heterocycles. The van der Waals surface area contributed by atoms with E-state index in [0.717, 1.165) is 31.9 Å². The van der Waals surface area contributed by atoms with Gasteiger partial charge in [0, 0.05) is 0 Å². The normalized spacial score (nSPS) is 12.5. The molecule has 0 radical (unpaired) electrons. The van der Waals surface area contributed by atoms with E-state index < -0.39 is 3.79 Å². The molecule has 0 unspecified atom stereocenters. The molecule has 0 aliphatic carbocycles. The first kappa shape index (κ1) is 14.4. The van der Waals surface area contributed by atoms with E-state index in [1.54, 1.807) is 6.08 Å². The van der Waals surface area contributed by atoms with Crippen molar-refractivity contribution in [1.82, 2.24) is 0 Å². The average Bonchev–Trinajstić information content (AvgIpc) is 2.08. The first-order chi connectivity index (χ1) is 6.56. The summed E-state index contributed by atoms with van der Waals surface area (Å²) in [4.78, 5) is 0. The van der Waals surface area contributed by atoms with E-state index >= 15 is 0 Å². The predicted molar refractivity (Wildman–Crippen MR) is 64.4 cm³/mol. The van der Waals surface area contributed by atoms with Gasteiger partial charge in [0.1, 0.15) is 0 Å². The molecule has 14 heavy (non-hydrogen) atoms. The van der Waals surface area contributed by atoms with Gasteiger partial charge in [-0.2, -0.15) is 0 Å². The third-order valence-corrected chi connectivity index (χ3v) is 2.50. The minimum atomic E-state index is -1.08. The third kappa shape index (κ3) is 12.4. The number of allylic oxidation sites excluding steroid dienone is 1. The van der Waals surface area contributed by atoms with Crippen molar-refractivity contribution in [2.24, 2.45) is 0 Å². The van der Waals surface area contributed by atoms with Crippen molar-refractivity contribution in [3.05, 3.63) is 12.3 Å². The quantitative estimate of drug-likeness (QED) is 0.380. The highest BCUT2D eigenvalue weighted by molar-refractivity contribution is 6.67. The molecule has 0 rings (SSSR count). The van der Waals surface area contributed by atoms with Gasteiger partial charge in [0.15, 0.2) is 3.79 Å². The van der Waals surface area contributed by atoms with E-state index in [0.29, 0.717) is 6.42 Å². The second-order valence-corrected chi connectivity index (χ2v) is 5.82. The molecule has 0 fully saturated rings. The lowest BCUT2D eigenvalue weighted by atomic mass is 10.1. The summed E-state index contributed by atoms with van der Waals surface area (Å²) in [5, 5.41) is 8.37. The summed E-state index contributed by atoms with van der Waals surface area (Å²) in [7, 11) is 0. The smallest absolute Gasteiger partial charge is 0.190 e. The van der Waals surface area contributed by atoms with Crippen molar-refractivity contribution < 1.29 is 5.11 Å². The van der Waals surface area contributed by atoms with Gasteiger partial charge < -0.3 is 5.11 Å². The Bertz CT molecular complexity index is 152. The molecule has 0 aliphatic rings. The maximum atomic E-state index is 8.37. The van der Waals surface area contributed by atoms with Crippen LogP contribution < -0.4 is 0 Å². The summed E-state index contributed by atoms with van der Waals surface area (Å²) in [6.07, 6.45) is 9.97. The van der Waals surface area contributed by atoms with E-state index in [4.69, 9.17) is 39.9 Å². The number of rotatable bonds is 7. The fourth-order valence-electron chi connectivity index (χ4n) is 1.19. The average molecular weight is 260 g/mol. The molecule has 0 saturated heterocycles. The number of alkyl halides is 3.